The van der Waals surface area contributed by atoms with Crippen LogP contribution in [0.25, 0.3) is 0 Å². The molecule has 0 aromatic carbocycles. The number of carbonyl (C=O) groups excluding carboxylic acids is 1. The monoisotopic (exact) mass is 252 g/mol. The summed E-state index contributed by atoms with van der Waals surface area (Å²) in [5, 5.41) is 11.6. The molecule has 18 heavy (non-hydrogen) atoms. The van der Waals surface area contributed by atoms with Crippen molar-refractivity contribution in [3.63, 3.8) is 0 Å². The summed E-state index contributed by atoms with van der Waals surface area (Å²) in [6.07, 6.45) is 3.22. The number of hydrogen-bond acceptors (Lipinski definition) is 4. The van der Waals surface area contributed by atoms with E-state index in [0.717, 1.165) is 0 Å². The first-order valence-corrected chi connectivity index (χ1v) is 5.98. The molecular formula is C12H16N2O4. The van der Waals surface area contributed by atoms with Crippen LogP contribution in [-0.2, 0) is 16.1 Å². The predicted molar refractivity (Wildman–Crippen MR) is 61.6 cm³/mol. The highest BCUT2D eigenvalue weighted by Gasteiger charge is 2.33. The molecule has 0 radical (unpaired) electrons. The summed E-state index contributed by atoms with van der Waals surface area (Å²) >= 11 is 0. The molecule has 1 aromatic heterocycles. The first kappa shape index (κ1) is 12.6. The van der Waals surface area contributed by atoms with Gasteiger partial charge in [0.15, 0.2) is 0 Å². The van der Waals surface area contributed by atoms with Crippen molar-refractivity contribution in [1.29, 1.82) is 0 Å². The summed E-state index contributed by atoms with van der Waals surface area (Å²) in [5.41, 5.74) is 0. The number of carbonyl (C=O) groups is 2. The molecule has 1 aliphatic rings. The van der Waals surface area contributed by atoms with Gasteiger partial charge in [0.1, 0.15) is 5.76 Å². The number of hydrogen-bond donors (Lipinski definition) is 2. The standard InChI is InChI=1S/C12H16N2O4/c1-7-5-13-10(18-7)6-14-11(15)8-2-3-9(4-8)12(16)17/h5,8-9H,2-4,6H2,1H3,(H,14,15)(H,16,17). The molecule has 2 N–H and O–H groups in total. The topological polar surface area (TPSA) is 92.4 Å². The Kier molecular flexibility index (Phi) is 3.64. The van der Waals surface area contributed by atoms with Crippen LogP contribution in [0.5, 0.6) is 0 Å². The van der Waals surface area contributed by atoms with E-state index >= 15 is 0 Å². The Morgan fingerprint density at radius 2 is 2.22 bits per heavy atom. The summed E-state index contributed by atoms with van der Waals surface area (Å²) in [7, 11) is 0. The van der Waals surface area contributed by atoms with Crippen LogP contribution in [0.1, 0.15) is 30.9 Å². The Morgan fingerprint density at radius 3 is 2.78 bits per heavy atom. The molecule has 0 bridgehead atoms. The number of aromatic nitrogens is 1. The molecule has 6 nitrogen and oxygen atoms in total. The number of carboxylic acids is 1. The van der Waals surface area contributed by atoms with Crippen LogP contribution < -0.4 is 5.32 Å². The summed E-state index contributed by atoms with van der Waals surface area (Å²) in [4.78, 5) is 26.6. The highest BCUT2D eigenvalue weighted by atomic mass is 16.4. The van der Waals surface area contributed by atoms with Crippen LogP contribution in [-0.4, -0.2) is 22.0 Å². The molecule has 98 valence electrons. The van der Waals surface area contributed by atoms with E-state index in [1.165, 1.54) is 0 Å². The number of aryl methyl sites for hydroxylation is 1. The lowest BCUT2D eigenvalue weighted by Gasteiger charge is -2.09. The number of nitrogens with one attached hydrogen (secondary N) is 1. The van der Waals surface area contributed by atoms with Crippen molar-refractivity contribution in [2.45, 2.75) is 32.7 Å². The maximum Gasteiger partial charge on any atom is 0.306 e. The number of aliphatic carboxylic acids is 1. The van der Waals surface area contributed by atoms with Crippen molar-refractivity contribution in [2.75, 3.05) is 0 Å². The third-order valence-corrected chi connectivity index (χ3v) is 3.24. The second kappa shape index (κ2) is 5.20. The smallest absolute Gasteiger partial charge is 0.306 e. The van der Waals surface area contributed by atoms with Crippen molar-refractivity contribution in [2.24, 2.45) is 11.8 Å². The van der Waals surface area contributed by atoms with Crippen LogP contribution in [0, 0.1) is 18.8 Å². The number of oxazole rings is 1. The van der Waals surface area contributed by atoms with E-state index in [2.05, 4.69) is 10.3 Å². The number of rotatable bonds is 4. The Morgan fingerprint density at radius 1 is 1.50 bits per heavy atom. The fraction of sp³-hybridized carbons (Fsp3) is 0.583. The second-order valence-corrected chi connectivity index (χ2v) is 4.63. The number of amides is 1. The van der Waals surface area contributed by atoms with Gasteiger partial charge in [-0.15, -0.1) is 0 Å². The van der Waals surface area contributed by atoms with Gasteiger partial charge in [-0.25, -0.2) is 4.98 Å². The van der Waals surface area contributed by atoms with E-state index in [1.807, 2.05) is 0 Å². The SMILES string of the molecule is Cc1cnc(CNC(=O)C2CCC(C(=O)O)C2)o1. The van der Waals surface area contributed by atoms with Crippen molar-refractivity contribution in [1.82, 2.24) is 10.3 Å². The van der Waals surface area contributed by atoms with Gasteiger partial charge in [-0.1, -0.05) is 0 Å². The van der Waals surface area contributed by atoms with Crippen molar-refractivity contribution in [3.8, 4) is 0 Å². The Balaban J connectivity index is 1.80. The van der Waals surface area contributed by atoms with Crippen molar-refractivity contribution < 1.29 is 19.1 Å². The molecule has 2 rings (SSSR count). The average molecular weight is 252 g/mol. The lowest BCUT2D eigenvalue weighted by atomic mass is 10.0. The highest BCUT2D eigenvalue weighted by molar-refractivity contribution is 5.80. The second-order valence-electron chi connectivity index (χ2n) is 4.63. The zero-order valence-electron chi connectivity index (χ0n) is 10.2. The van der Waals surface area contributed by atoms with Gasteiger partial charge < -0.3 is 14.8 Å². The summed E-state index contributed by atoms with van der Waals surface area (Å²) in [6, 6.07) is 0. The minimum Gasteiger partial charge on any atom is -0.481 e. The van der Waals surface area contributed by atoms with E-state index in [0.29, 0.717) is 30.9 Å². The summed E-state index contributed by atoms with van der Waals surface area (Å²) < 4.78 is 5.24. The zero-order valence-corrected chi connectivity index (χ0v) is 10.2. The summed E-state index contributed by atoms with van der Waals surface area (Å²) in [6.45, 7) is 2.04. The van der Waals surface area contributed by atoms with Crippen molar-refractivity contribution >= 4 is 11.9 Å². The fourth-order valence-corrected chi connectivity index (χ4v) is 2.23. The van der Waals surface area contributed by atoms with E-state index in [-0.39, 0.29) is 24.3 Å². The van der Waals surface area contributed by atoms with Gasteiger partial charge in [0.2, 0.25) is 11.8 Å². The lowest BCUT2D eigenvalue weighted by molar-refractivity contribution is -0.141. The average Bonchev–Trinajstić information content (AvgIpc) is 2.94. The molecule has 6 heteroatoms. The zero-order chi connectivity index (χ0) is 13.1. The molecule has 1 aromatic rings. The molecule has 1 fully saturated rings. The van der Waals surface area contributed by atoms with Gasteiger partial charge in [-0.3, -0.25) is 9.59 Å². The lowest BCUT2D eigenvalue weighted by Crippen LogP contribution is -2.29. The van der Waals surface area contributed by atoms with Gasteiger partial charge in [0.25, 0.3) is 0 Å². The molecule has 1 aliphatic carbocycles. The van der Waals surface area contributed by atoms with Crippen LogP contribution in [0.3, 0.4) is 0 Å². The van der Waals surface area contributed by atoms with E-state index in [1.54, 1.807) is 13.1 Å². The third kappa shape index (κ3) is 2.88. The third-order valence-electron chi connectivity index (χ3n) is 3.24. The normalized spacial score (nSPS) is 22.9. The molecule has 2 atom stereocenters. The molecule has 1 amide bonds. The van der Waals surface area contributed by atoms with Crippen LogP contribution in [0.2, 0.25) is 0 Å². The van der Waals surface area contributed by atoms with Gasteiger partial charge >= 0.3 is 5.97 Å². The molecule has 0 spiro atoms. The van der Waals surface area contributed by atoms with Crippen molar-refractivity contribution in [3.05, 3.63) is 17.8 Å². The molecular weight excluding hydrogens is 236 g/mol. The minimum absolute atomic E-state index is 0.116. The maximum absolute atomic E-state index is 11.8. The number of carboxylic acid groups (broad SMARTS) is 1. The predicted octanol–water partition coefficient (Wildman–Crippen LogP) is 1.10. The molecule has 1 saturated carbocycles. The van der Waals surface area contributed by atoms with Gasteiger partial charge in [-0.05, 0) is 26.2 Å². The first-order valence-electron chi connectivity index (χ1n) is 5.98. The van der Waals surface area contributed by atoms with Crippen LogP contribution in [0.15, 0.2) is 10.6 Å². The van der Waals surface area contributed by atoms with Gasteiger partial charge in [0, 0.05) is 5.92 Å². The first-order chi connectivity index (χ1) is 8.56. The summed E-state index contributed by atoms with van der Waals surface area (Å²) in [5.74, 6) is -0.352. The molecule has 1 heterocycles. The Labute approximate surface area is 104 Å². The fourth-order valence-electron chi connectivity index (χ4n) is 2.23. The van der Waals surface area contributed by atoms with E-state index in [9.17, 15) is 9.59 Å². The Hall–Kier alpha value is -1.85. The quantitative estimate of drug-likeness (QED) is 0.837. The molecule has 2 unspecified atom stereocenters. The van der Waals surface area contributed by atoms with Gasteiger partial charge in [0.05, 0.1) is 18.7 Å². The highest BCUT2D eigenvalue weighted by Crippen LogP contribution is 2.31. The van der Waals surface area contributed by atoms with Gasteiger partial charge in [-0.2, -0.15) is 0 Å². The minimum atomic E-state index is -0.811. The van der Waals surface area contributed by atoms with Crippen LogP contribution in [0.4, 0.5) is 0 Å². The molecule has 0 aliphatic heterocycles. The van der Waals surface area contributed by atoms with Crippen LogP contribution >= 0.6 is 0 Å². The maximum atomic E-state index is 11.8. The van der Waals surface area contributed by atoms with E-state index < -0.39 is 5.97 Å². The van der Waals surface area contributed by atoms with E-state index in [4.69, 9.17) is 9.52 Å². The molecule has 0 saturated heterocycles. The Bertz CT molecular complexity index is 455. The largest absolute Gasteiger partial charge is 0.481 e. The number of nitrogens with zero attached hydrogens (tertiary/aromatic N) is 1.